The number of benzene rings is 2. The van der Waals surface area contributed by atoms with Crippen LogP contribution in [0.25, 0.3) is 22.4 Å². The van der Waals surface area contributed by atoms with Crippen molar-refractivity contribution in [3.8, 4) is 28.5 Å². The molecule has 0 spiro atoms. The highest BCUT2D eigenvalue weighted by molar-refractivity contribution is 6.43. The van der Waals surface area contributed by atoms with Crippen LogP contribution in [-0.2, 0) is 6.42 Å². The van der Waals surface area contributed by atoms with Crippen molar-refractivity contribution >= 4 is 29.0 Å². The highest BCUT2D eigenvalue weighted by Gasteiger charge is 2.22. The average molecular weight is 368 g/mol. The van der Waals surface area contributed by atoms with Crippen molar-refractivity contribution < 1.29 is 0 Å². The summed E-state index contributed by atoms with van der Waals surface area (Å²) in [6.45, 7) is 2.02. The van der Waals surface area contributed by atoms with Crippen molar-refractivity contribution in [3.05, 3.63) is 69.7 Å². The van der Waals surface area contributed by atoms with Crippen molar-refractivity contribution in [2.45, 2.75) is 13.3 Å². The van der Waals surface area contributed by atoms with Gasteiger partial charge in [-0.25, -0.2) is 4.98 Å². The quantitative estimate of drug-likeness (QED) is 0.641. The largest absolute Gasteiger partial charge is 0.383 e. The van der Waals surface area contributed by atoms with Gasteiger partial charge in [0.05, 0.1) is 15.7 Å². The molecule has 1 heterocycles. The van der Waals surface area contributed by atoms with Crippen LogP contribution in [0.3, 0.4) is 0 Å². The van der Waals surface area contributed by atoms with Crippen molar-refractivity contribution in [2.24, 2.45) is 0 Å². The van der Waals surface area contributed by atoms with Gasteiger partial charge in [-0.05, 0) is 18.1 Å². The molecule has 1 aromatic heterocycles. The molecule has 0 amide bonds. The van der Waals surface area contributed by atoms with Crippen LogP contribution >= 0.6 is 23.2 Å². The van der Waals surface area contributed by atoms with E-state index < -0.39 is 0 Å². The summed E-state index contributed by atoms with van der Waals surface area (Å²) in [5.74, 6) is 0.185. The summed E-state index contributed by atoms with van der Waals surface area (Å²) >= 11 is 12.6. The molecular weight excluding hydrogens is 353 g/mol. The third-order valence-corrected chi connectivity index (χ3v) is 4.88. The van der Waals surface area contributed by atoms with Crippen LogP contribution < -0.4 is 5.73 Å². The molecular formula is C20H15Cl2N3. The summed E-state index contributed by atoms with van der Waals surface area (Å²) in [4.78, 5) is 4.50. The van der Waals surface area contributed by atoms with Gasteiger partial charge < -0.3 is 5.73 Å². The topological polar surface area (TPSA) is 62.7 Å². The predicted molar refractivity (Wildman–Crippen MR) is 104 cm³/mol. The Hall–Kier alpha value is -2.54. The Morgan fingerprint density at radius 1 is 1.08 bits per heavy atom. The van der Waals surface area contributed by atoms with Gasteiger partial charge in [0.25, 0.3) is 0 Å². The minimum absolute atomic E-state index is 0.185. The standard InChI is InChI=1S/C20H15Cl2N3/c1-2-13-17(14-9-6-10-16(21)18(14)22)15(11-23)20(24)25-19(13)12-7-4-3-5-8-12/h3-10H,2H2,1H3,(H2,24,25). The van der Waals surface area contributed by atoms with Gasteiger partial charge in [0.2, 0.25) is 0 Å². The second kappa shape index (κ2) is 7.14. The summed E-state index contributed by atoms with van der Waals surface area (Å²) < 4.78 is 0. The number of hydrogen-bond donors (Lipinski definition) is 1. The van der Waals surface area contributed by atoms with Gasteiger partial charge in [0.15, 0.2) is 0 Å². The first kappa shape index (κ1) is 17.3. The van der Waals surface area contributed by atoms with E-state index in [1.54, 1.807) is 6.07 Å². The van der Waals surface area contributed by atoms with Crippen LogP contribution in [0.2, 0.25) is 10.0 Å². The van der Waals surface area contributed by atoms with E-state index in [4.69, 9.17) is 28.9 Å². The van der Waals surface area contributed by atoms with Crippen molar-refractivity contribution in [1.82, 2.24) is 4.98 Å². The Kier molecular flexibility index (Phi) is 4.94. The lowest BCUT2D eigenvalue weighted by Crippen LogP contribution is -2.05. The molecule has 3 aromatic rings. The molecule has 3 rings (SSSR count). The summed E-state index contributed by atoms with van der Waals surface area (Å²) in [5.41, 5.74) is 10.4. The number of halogens is 2. The molecule has 25 heavy (non-hydrogen) atoms. The molecule has 0 saturated heterocycles. The first-order valence-corrected chi connectivity index (χ1v) is 8.56. The number of pyridine rings is 1. The Morgan fingerprint density at radius 3 is 2.44 bits per heavy atom. The highest BCUT2D eigenvalue weighted by Crippen LogP contribution is 2.41. The lowest BCUT2D eigenvalue weighted by atomic mass is 9.90. The Bertz CT molecular complexity index is 976. The normalized spacial score (nSPS) is 10.5. The second-order valence-corrected chi connectivity index (χ2v) is 6.29. The maximum absolute atomic E-state index is 9.66. The highest BCUT2D eigenvalue weighted by atomic mass is 35.5. The van der Waals surface area contributed by atoms with Crippen LogP contribution in [-0.4, -0.2) is 4.98 Å². The summed E-state index contributed by atoms with van der Waals surface area (Å²) in [6.07, 6.45) is 0.671. The third kappa shape index (κ3) is 3.07. The lowest BCUT2D eigenvalue weighted by molar-refractivity contribution is 1.11. The zero-order chi connectivity index (χ0) is 18.0. The number of nitrogens with two attached hydrogens (primary N) is 1. The maximum Gasteiger partial charge on any atom is 0.142 e. The van der Waals surface area contributed by atoms with E-state index in [9.17, 15) is 5.26 Å². The van der Waals surface area contributed by atoms with E-state index >= 15 is 0 Å². The van der Waals surface area contributed by atoms with Crippen LogP contribution in [0.1, 0.15) is 18.1 Å². The fourth-order valence-corrected chi connectivity index (χ4v) is 3.32. The fourth-order valence-electron chi connectivity index (χ4n) is 2.93. The molecule has 0 radical (unpaired) electrons. The minimum Gasteiger partial charge on any atom is -0.383 e. The molecule has 0 saturated carbocycles. The molecule has 2 N–H and O–H groups in total. The van der Waals surface area contributed by atoms with E-state index in [0.717, 1.165) is 16.8 Å². The first-order chi connectivity index (χ1) is 12.1. The molecule has 0 unspecified atom stereocenters. The number of nitriles is 1. The van der Waals surface area contributed by atoms with Crippen molar-refractivity contribution in [3.63, 3.8) is 0 Å². The smallest absolute Gasteiger partial charge is 0.142 e. The molecule has 0 aliphatic heterocycles. The van der Waals surface area contributed by atoms with E-state index in [1.165, 1.54) is 0 Å². The number of hydrogen-bond acceptors (Lipinski definition) is 3. The number of nitrogens with zero attached hydrogens (tertiary/aromatic N) is 2. The zero-order valence-electron chi connectivity index (χ0n) is 13.6. The van der Waals surface area contributed by atoms with E-state index in [2.05, 4.69) is 11.1 Å². The number of anilines is 1. The van der Waals surface area contributed by atoms with Crippen molar-refractivity contribution in [2.75, 3.05) is 5.73 Å². The number of nitrogen functional groups attached to an aromatic ring is 1. The molecule has 5 heteroatoms. The van der Waals surface area contributed by atoms with E-state index in [1.807, 2.05) is 49.4 Å². The zero-order valence-corrected chi connectivity index (χ0v) is 15.1. The van der Waals surface area contributed by atoms with Crippen LogP contribution in [0, 0.1) is 11.3 Å². The monoisotopic (exact) mass is 367 g/mol. The first-order valence-electron chi connectivity index (χ1n) is 7.80. The van der Waals surface area contributed by atoms with Crippen LogP contribution in [0.15, 0.2) is 48.5 Å². The van der Waals surface area contributed by atoms with Crippen LogP contribution in [0.4, 0.5) is 5.82 Å². The number of aromatic nitrogens is 1. The van der Waals surface area contributed by atoms with Crippen molar-refractivity contribution in [1.29, 1.82) is 5.26 Å². The summed E-state index contributed by atoms with van der Waals surface area (Å²) in [6, 6.07) is 17.3. The van der Waals surface area contributed by atoms with Gasteiger partial charge >= 0.3 is 0 Å². The van der Waals surface area contributed by atoms with Gasteiger partial charge in [-0.1, -0.05) is 72.6 Å². The molecule has 3 nitrogen and oxygen atoms in total. The predicted octanol–water partition coefficient (Wildman–Crippen LogP) is 5.74. The second-order valence-electron chi connectivity index (χ2n) is 5.51. The molecule has 124 valence electrons. The number of rotatable bonds is 3. The summed E-state index contributed by atoms with van der Waals surface area (Å²) in [7, 11) is 0. The van der Waals surface area contributed by atoms with Gasteiger partial charge in [-0.2, -0.15) is 5.26 Å². The molecule has 0 bridgehead atoms. The van der Waals surface area contributed by atoms with Gasteiger partial charge in [-0.3, -0.25) is 0 Å². The molecule has 0 aliphatic rings. The van der Waals surface area contributed by atoms with Gasteiger partial charge in [0, 0.05) is 16.7 Å². The minimum atomic E-state index is 0.185. The SMILES string of the molecule is CCc1c(-c2ccccc2)nc(N)c(C#N)c1-c1cccc(Cl)c1Cl. The molecule has 0 fully saturated rings. The Labute approximate surface area is 156 Å². The third-order valence-electron chi connectivity index (χ3n) is 4.06. The fraction of sp³-hybridized carbons (Fsp3) is 0.100. The Balaban J connectivity index is 2.43. The molecule has 0 aliphatic carbocycles. The van der Waals surface area contributed by atoms with Gasteiger partial charge in [0.1, 0.15) is 17.5 Å². The molecule has 0 atom stereocenters. The average Bonchev–Trinajstić information content (AvgIpc) is 2.64. The molecule has 2 aromatic carbocycles. The lowest BCUT2D eigenvalue weighted by Gasteiger charge is -2.18. The van der Waals surface area contributed by atoms with Gasteiger partial charge in [-0.15, -0.1) is 0 Å². The van der Waals surface area contributed by atoms with E-state index in [-0.39, 0.29) is 5.82 Å². The van der Waals surface area contributed by atoms with E-state index in [0.29, 0.717) is 33.2 Å². The Morgan fingerprint density at radius 2 is 1.80 bits per heavy atom. The maximum atomic E-state index is 9.66. The summed E-state index contributed by atoms with van der Waals surface area (Å²) in [5, 5.41) is 10.5. The van der Waals surface area contributed by atoms with Crippen LogP contribution in [0.5, 0.6) is 0 Å².